The third kappa shape index (κ3) is 3.66. The van der Waals surface area contributed by atoms with Crippen molar-refractivity contribution >= 4 is 27.7 Å². The molecule has 0 radical (unpaired) electrons. The fourth-order valence-corrected chi connectivity index (χ4v) is 2.23. The quantitative estimate of drug-likeness (QED) is 0.661. The number of carboxylic acids is 1. The third-order valence-electron chi connectivity index (χ3n) is 2.68. The van der Waals surface area contributed by atoms with Crippen LogP contribution in [0.5, 0.6) is 5.75 Å². The van der Waals surface area contributed by atoms with Gasteiger partial charge >= 0.3 is 5.97 Å². The fourth-order valence-electron chi connectivity index (χ4n) is 1.68. The monoisotopic (exact) mass is 352 g/mol. The number of benzene rings is 2. The minimum atomic E-state index is -1.64. The molecule has 0 aliphatic heterocycles. The van der Waals surface area contributed by atoms with Crippen LogP contribution in [0.1, 0.15) is 15.9 Å². The second-order valence-electron chi connectivity index (χ2n) is 4.18. The van der Waals surface area contributed by atoms with Crippen molar-refractivity contribution in [3.05, 3.63) is 63.9 Å². The fraction of sp³-hybridized carbons (Fsp3) is 0.0667. The Morgan fingerprint density at radius 1 is 1.19 bits per heavy atom. The zero-order valence-electron chi connectivity index (χ0n) is 10.7. The normalized spacial score (nSPS) is 10.2. The van der Waals surface area contributed by atoms with E-state index in [1.165, 1.54) is 6.07 Å². The molecule has 0 spiro atoms. The number of carbonyl (C=O) groups is 2. The molecule has 108 valence electrons. The average Bonchev–Trinajstić information content (AvgIpc) is 2.46. The molecular formula is C15H10BrFO4. The SMILES string of the molecule is O=C(O)C(=O)c1cc(F)c(OCc2ccccc2)c(Br)c1. The first kappa shape index (κ1) is 15.2. The van der Waals surface area contributed by atoms with Gasteiger partial charge in [0, 0.05) is 5.56 Å². The van der Waals surface area contributed by atoms with Crippen molar-refractivity contribution in [2.24, 2.45) is 0 Å². The summed E-state index contributed by atoms with van der Waals surface area (Å²) in [4.78, 5) is 21.9. The van der Waals surface area contributed by atoms with E-state index in [-0.39, 0.29) is 22.4 Å². The third-order valence-corrected chi connectivity index (χ3v) is 3.27. The maximum Gasteiger partial charge on any atom is 0.377 e. The average molecular weight is 353 g/mol. The van der Waals surface area contributed by atoms with Gasteiger partial charge in [0.05, 0.1) is 4.47 Å². The lowest BCUT2D eigenvalue weighted by atomic mass is 10.1. The Kier molecular flexibility index (Phi) is 4.70. The molecule has 0 fully saturated rings. The number of aliphatic carboxylic acids is 1. The lowest BCUT2D eigenvalue weighted by Gasteiger charge is -2.10. The number of hydrogen-bond acceptors (Lipinski definition) is 3. The smallest absolute Gasteiger partial charge is 0.377 e. The molecule has 0 amide bonds. The van der Waals surface area contributed by atoms with Crippen LogP contribution in [0, 0.1) is 5.82 Å². The van der Waals surface area contributed by atoms with Gasteiger partial charge in [0.2, 0.25) is 0 Å². The summed E-state index contributed by atoms with van der Waals surface area (Å²) in [5, 5.41) is 8.62. The molecule has 4 nitrogen and oxygen atoms in total. The number of halogens is 2. The summed E-state index contributed by atoms with van der Waals surface area (Å²) < 4.78 is 19.5. The molecule has 0 aliphatic carbocycles. The number of carboxylic acid groups (broad SMARTS) is 1. The van der Waals surface area contributed by atoms with E-state index in [4.69, 9.17) is 9.84 Å². The highest BCUT2D eigenvalue weighted by Gasteiger charge is 2.19. The molecule has 21 heavy (non-hydrogen) atoms. The van der Waals surface area contributed by atoms with Crippen LogP contribution < -0.4 is 4.74 Å². The Morgan fingerprint density at radius 2 is 1.86 bits per heavy atom. The predicted molar refractivity (Wildman–Crippen MR) is 76.8 cm³/mol. The van der Waals surface area contributed by atoms with Crippen LogP contribution in [0.4, 0.5) is 4.39 Å². The standard InChI is InChI=1S/C15H10BrFO4/c16-11-6-10(13(18)15(19)20)7-12(17)14(11)21-8-9-4-2-1-3-5-9/h1-7H,8H2,(H,19,20). The number of rotatable bonds is 5. The summed E-state index contributed by atoms with van der Waals surface area (Å²) in [5.41, 5.74) is 0.605. The lowest BCUT2D eigenvalue weighted by molar-refractivity contribution is -0.131. The first-order chi connectivity index (χ1) is 9.99. The molecule has 2 aromatic carbocycles. The van der Waals surface area contributed by atoms with Crippen molar-refractivity contribution in [1.29, 1.82) is 0 Å². The van der Waals surface area contributed by atoms with Gasteiger partial charge in [-0.05, 0) is 33.6 Å². The Labute approximate surface area is 128 Å². The van der Waals surface area contributed by atoms with Crippen LogP contribution >= 0.6 is 15.9 Å². The molecule has 6 heteroatoms. The largest absolute Gasteiger partial charge is 0.485 e. The van der Waals surface area contributed by atoms with Crippen LogP contribution in [-0.4, -0.2) is 16.9 Å². The molecule has 1 N–H and O–H groups in total. The first-order valence-electron chi connectivity index (χ1n) is 5.92. The van der Waals surface area contributed by atoms with Crippen LogP contribution in [0.2, 0.25) is 0 Å². The van der Waals surface area contributed by atoms with Gasteiger partial charge in [0.25, 0.3) is 5.78 Å². The molecular weight excluding hydrogens is 343 g/mol. The maximum atomic E-state index is 13.9. The molecule has 0 saturated carbocycles. The van der Waals surface area contributed by atoms with E-state index in [2.05, 4.69) is 15.9 Å². The van der Waals surface area contributed by atoms with Gasteiger partial charge in [0.15, 0.2) is 11.6 Å². The summed E-state index contributed by atoms with van der Waals surface area (Å²) >= 11 is 3.08. The van der Waals surface area contributed by atoms with Crippen molar-refractivity contribution in [2.45, 2.75) is 6.61 Å². The molecule has 0 aliphatic rings. The van der Waals surface area contributed by atoms with E-state index in [0.717, 1.165) is 11.6 Å². The van der Waals surface area contributed by atoms with Crippen LogP contribution in [0.25, 0.3) is 0 Å². The summed E-state index contributed by atoms with van der Waals surface area (Å²) in [5.74, 6) is -3.69. The van der Waals surface area contributed by atoms with Gasteiger partial charge in [0.1, 0.15) is 6.61 Å². The number of carbonyl (C=O) groups excluding carboxylic acids is 1. The molecule has 0 atom stereocenters. The predicted octanol–water partition coefficient (Wildman–Crippen LogP) is 3.43. The van der Waals surface area contributed by atoms with Crippen molar-refractivity contribution < 1.29 is 23.8 Å². The van der Waals surface area contributed by atoms with Gasteiger partial charge in [-0.3, -0.25) is 4.79 Å². The molecule has 0 aromatic heterocycles. The number of ether oxygens (including phenoxy) is 1. The summed E-state index contributed by atoms with van der Waals surface area (Å²) in [6.45, 7) is 0.155. The zero-order valence-corrected chi connectivity index (χ0v) is 12.3. The van der Waals surface area contributed by atoms with Gasteiger partial charge in [-0.15, -0.1) is 0 Å². The zero-order chi connectivity index (χ0) is 15.4. The van der Waals surface area contributed by atoms with Crippen LogP contribution in [-0.2, 0) is 11.4 Å². The molecule has 0 bridgehead atoms. The van der Waals surface area contributed by atoms with E-state index in [1.54, 1.807) is 0 Å². The van der Waals surface area contributed by atoms with Crippen LogP contribution in [0.3, 0.4) is 0 Å². The highest BCUT2D eigenvalue weighted by atomic mass is 79.9. The van der Waals surface area contributed by atoms with Crippen molar-refractivity contribution in [2.75, 3.05) is 0 Å². The van der Waals surface area contributed by atoms with E-state index < -0.39 is 17.6 Å². The Morgan fingerprint density at radius 3 is 2.43 bits per heavy atom. The number of ketones is 1. The summed E-state index contributed by atoms with van der Waals surface area (Å²) in [7, 11) is 0. The Bertz CT molecular complexity index is 662. The lowest BCUT2D eigenvalue weighted by Crippen LogP contribution is -2.13. The van der Waals surface area contributed by atoms with E-state index in [0.29, 0.717) is 0 Å². The second kappa shape index (κ2) is 6.49. The van der Waals surface area contributed by atoms with E-state index in [9.17, 15) is 14.0 Å². The van der Waals surface area contributed by atoms with Crippen LogP contribution in [0.15, 0.2) is 46.9 Å². The van der Waals surface area contributed by atoms with Gasteiger partial charge in [-0.2, -0.15) is 0 Å². The van der Waals surface area contributed by atoms with E-state index >= 15 is 0 Å². The number of Topliss-reactive ketones (excluding diaryl/α,β-unsaturated/α-hetero) is 1. The highest BCUT2D eigenvalue weighted by Crippen LogP contribution is 2.30. The van der Waals surface area contributed by atoms with Crippen molar-refractivity contribution in [1.82, 2.24) is 0 Å². The summed E-state index contributed by atoms with van der Waals surface area (Å²) in [6.07, 6.45) is 0. The second-order valence-corrected chi connectivity index (χ2v) is 5.03. The highest BCUT2D eigenvalue weighted by molar-refractivity contribution is 9.10. The summed E-state index contributed by atoms with van der Waals surface area (Å²) in [6, 6.07) is 11.2. The molecule has 0 heterocycles. The molecule has 2 rings (SSSR count). The first-order valence-corrected chi connectivity index (χ1v) is 6.71. The Hall–Kier alpha value is -2.21. The van der Waals surface area contributed by atoms with Gasteiger partial charge in [-0.25, -0.2) is 9.18 Å². The van der Waals surface area contributed by atoms with Gasteiger partial charge < -0.3 is 9.84 Å². The minimum Gasteiger partial charge on any atom is -0.485 e. The Balaban J connectivity index is 2.21. The topological polar surface area (TPSA) is 63.6 Å². The van der Waals surface area contributed by atoms with Crippen molar-refractivity contribution in [3.8, 4) is 5.75 Å². The molecule has 0 saturated heterocycles. The maximum absolute atomic E-state index is 13.9. The van der Waals surface area contributed by atoms with Gasteiger partial charge in [-0.1, -0.05) is 30.3 Å². The minimum absolute atomic E-state index is 0.0687. The van der Waals surface area contributed by atoms with E-state index in [1.807, 2.05) is 30.3 Å². The van der Waals surface area contributed by atoms with Crippen molar-refractivity contribution in [3.63, 3.8) is 0 Å². The number of hydrogen-bond donors (Lipinski definition) is 1. The molecule has 2 aromatic rings. The molecule has 0 unspecified atom stereocenters.